The second kappa shape index (κ2) is 5.58. The van der Waals surface area contributed by atoms with Gasteiger partial charge in [0.1, 0.15) is 6.10 Å². The summed E-state index contributed by atoms with van der Waals surface area (Å²) in [4.78, 5) is 21.4. The summed E-state index contributed by atoms with van der Waals surface area (Å²) in [5, 5.41) is 8.98. The summed E-state index contributed by atoms with van der Waals surface area (Å²) in [6.45, 7) is 0. The molecular weight excluding hydrogens is 394 g/mol. The fourth-order valence-corrected chi connectivity index (χ4v) is 2.12. The Hall–Kier alpha value is -1.33. The first-order valence-corrected chi connectivity index (χ1v) is 6.63. The Labute approximate surface area is 124 Å². The second-order valence-electron chi connectivity index (χ2n) is 4.30. The Morgan fingerprint density at radius 3 is 2.65 bits per heavy atom. The number of halogens is 4. The van der Waals surface area contributed by atoms with Gasteiger partial charge in [-0.3, -0.25) is 9.89 Å². The number of carbonyl (C=O) groups excluding carboxylic acids is 2. The lowest BCUT2D eigenvalue weighted by Crippen LogP contribution is -2.36. The van der Waals surface area contributed by atoms with Gasteiger partial charge in [-0.05, 0) is 12.8 Å². The molecule has 20 heavy (non-hydrogen) atoms. The van der Waals surface area contributed by atoms with E-state index in [4.69, 9.17) is 0 Å². The molecule has 0 radical (unpaired) electrons. The van der Waals surface area contributed by atoms with E-state index in [1.165, 1.54) is 0 Å². The standard InChI is InChI=1S/C10H9F3IN3O3/c11-10(12,13)8(18)20-5-1-4(2-5)6-3-7(17-16-6)15-9(14)19/h3-5H,1-2H2,(H2,15,16,17,19). The van der Waals surface area contributed by atoms with Gasteiger partial charge in [0.25, 0.3) is 3.91 Å². The quantitative estimate of drug-likeness (QED) is 0.352. The number of amides is 1. The number of ether oxygens (including phenoxy) is 1. The summed E-state index contributed by atoms with van der Waals surface area (Å²) in [5.41, 5.74) is 0.685. The predicted molar refractivity (Wildman–Crippen MR) is 69.5 cm³/mol. The van der Waals surface area contributed by atoms with E-state index in [-0.39, 0.29) is 9.83 Å². The van der Waals surface area contributed by atoms with E-state index < -0.39 is 18.2 Å². The average Bonchev–Trinajstić information content (AvgIpc) is 2.67. The van der Waals surface area contributed by atoms with Crippen LogP contribution >= 0.6 is 22.6 Å². The maximum Gasteiger partial charge on any atom is 0.490 e. The molecule has 2 rings (SSSR count). The zero-order valence-corrected chi connectivity index (χ0v) is 12.0. The van der Waals surface area contributed by atoms with Gasteiger partial charge in [-0.2, -0.15) is 18.3 Å². The van der Waals surface area contributed by atoms with Gasteiger partial charge in [0, 0.05) is 40.3 Å². The molecule has 1 saturated carbocycles. The topological polar surface area (TPSA) is 84.1 Å². The molecule has 0 unspecified atom stereocenters. The first kappa shape index (κ1) is 15.1. The molecule has 2 N–H and O–H groups in total. The van der Waals surface area contributed by atoms with Crippen LogP contribution in [0.15, 0.2) is 6.07 Å². The highest BCUT2D eigenvalue weighted by Crippen LogP contribution is 2.39. The Kier molecular flexibility index (Phi) is 4.20. The number of aromatic nitrogens is 2. The van der Waals surface area contributed by atoms with Crippen molar-refractivity contribution in [2.45, 2.75) is 31.0 Å². The van der Waals surface area contributed by atoms with Gasteiger partial charge in [-0.1, -0.05) is 0 Å². The molecule has 0 atom stereocenters. The van der Waals surface area contributed by atoms with Crippen LogP contribution in [0, 0.1) is 0 Å². The molecule has 0 aliphatic heterocycles. The summed E-state index contributed by atoms with van der Waals surface area (Å²) in [7, 11) is 0. The van der Waals surface area contributed by atoms with Gasteiger partial charge in [0.2, 0.25) is 0 Å². The number of esters is 1. The summed E-state index contributed by atoms with van der Waals surface area (Å²) in [6.07, 6.45) is -5.11. The highest BCUT2D eigenvalue weighted by Gasteiger charge is 2.44. The maximum absolute atomic E-state index is 12.0. The van der Waals surface area contributed by atoms with E-state index in [1.54, 1.807) is 28.7 Å². The minimum Gasteiger partial charge on any atom is -0.456 e. The summed E-state index contributed by atoms with van der Waals surface area (Å²) >= 11 is 1.55. The smallest absolute Gasteiger partial charge is 0.456 e. The number of hydrogen-bond acceptors (Lipinski definition) is 4. The van der Waals surface area contributed by atoms with E-state index in [9.17, 15) is 22.8 Å². The Bertz CT molecular complexity index is 525. The number of aromatic amines is 1. The summed E-state index contributed by atoms with van der Waals surface area (Å²) in [5.74, 6) is -1.88. The van der Waals surface area contributed by atoms with Crippen molar-refractivity contribution in [1.82, 2.24) is 10.2 Å². The van der Waals surface area contributed by atoms with Crippen molar-refractivity contribution < 1.29 is 27.5 Å². The maximum atomic E-state index is 12.0. The number of rotatable bonds is 3. The number of nitrogens with zero attached hydrogens (tertiary/aromatic N) is 1. The van der Waals surface area contributed by atoms with E-state index >= 15 is 0 Å². The third-order valence-electron chi connectivity index (χ3n) is 2.86. The van der Waals surface area contributed by atoms with Crippen LogP contribution in [-0.2, 0) is 9.53 Å². The number of carbonyl (C=O) groups is 2. The summed E-state index contributed by atoms with van der Waals surface area (Å²) in [6, 6.07) is 1.60. The first-order valence-electron chi connectivity index (χ1n) is 5.55. The van der Waals surface area contributed by atoms with Gasteiger partial charge >= 0.3 is 12.1 Å². The Morgan fingerprint density at radius 2 is 2.10 bits per heavy atom. The van der Waals surface area contributed by atoms with Crippen molar-refractivity contribution in [2.24, 2.45) is 0 Å². The predicted octanol–water partition coefficient (Wildman–Crippen LogP) is 2.73. The van der Waals surface area contributed by atoms with Crippen molar-refractivity contribution in [2.75, 3.05) is 5.32 Å². The molecular formula is C10H9F3IN3O3. The van der Waals surface area contributed by atoms with E-state index in [1.807, 2.05) is 0 Å². The molecule has 1 aromatic rings. The van der Waals surface area contributed by atoms with Crippen LogP contribution in [-0.4, -0.2) is 32.4 Å². The Balaban J connectivity index is 1.83. The fourth-order valence-electron chi connectivity index (χ4n) is 1.84. The molecule has 10 heteroatoms. The number of anilines is 1. The van der Waals surface area contributed by atoms with Gasteiger partial charge < -0.3 is 10.1 Å². The molecule has 1 fully saturated rings. The number of nitrogens with one attached hydrogen (secondary N) is 2. The minimum atomic E-state index is -4.96. The summed E-state index contributed by atoms with van der Waals surface area (Å²) < 4.78 is 40.0. The lowest BCUT2D eigenvalue weighted by molar-refractivity contribution is -0.208. The molecule has 1 aliphatic carbocycles. The highest BCUT2D eigenvalue weighted by molar-refractivity contribution is 14.1. The zero-order chi connectivity index (χ0) is 14.9. The van der Waals surface area contributed by atoms with Crippen LogP contribution in [0.4, 0.5) is 23.8 Å². The van der Waals surface area contributed by atoms with Crippen LogP contribution in [0.5, 0.6) is 0 Å². The number of alkyl halides is 3. The van der Waals surface area contributed by atoms with Crippen LogP contribution in [0.1, 0.15) is 24.5 Å². The largest absolute Gasteiger partial charge is 0.490 e. The number of hydrogen-bond donors (Lipinski definition) is 2. The van der Waals surface area contributed by atoms with E-state index in [0.29, 0.717) is 24.4 Å². The van der Waals surface area contributed by atoms with Crippen LogP contribution < -0.4 is 5.32 Å². The van der Waals surface area contributed by atoms with Crippen molar-refractivity contribution in [3.8, 4) is 0 Å². The molecule has 0 spiro atoms. The van der Waals surface area contributed by atoms with Gasteiger partial charge in [-0.25, -0.2) is 4.79 Å². The first-order chi connectivity index (χ1) is 9.25. The molecule has 0 saturated heterocycles. The highest BCUT2D eigenvalue weighted by atomic mass is 127. The van der Waals surface area contributed by atoms with E-state index in [0.717, 1.165) is 0 Å². The van der Waals surface area contributed by atoms with Crippen LogP contribution in [0.25, 0.3) is 0 Å². The van der Waals surface area contributed by atoms with Gasteiger partial charge in [0.05, 0.1) is 0 Å². The van der Waals surface area contributed by atoms with Crippen molar-refractivity contribution in [1.29, 1.82) is 0 Å². The fraction of sp³-hybridized carbons (Fsp3) is 0.500. The molecule has 110 valence electrons. The third kappa shape index (κ3) is 3.61. The molecule has 0 bridgehead atoms. The third-order valence-corrected chi connectivity index (χ3v) is 3.13. The van der Waals surface area contributed by atoms with Gasteiger partial charge in [0.15, 0.2) is 5.82 Å². The normalized spacial score (nSPS) is 22.0. The monoisotopic (exact) mass is 403 g/mol. The average molecular weight is 403 g/mol. The lowest BCUT2D eigenvalue weighted by atomic mass is 9.80. The van der Waals surface area contributed by atoms with Crippen LogP contribution in [0.3, 0.4) is 0 Å². The van der Waals surface area contributed by atoms with Gasteiger partial charge in [-0.15, -0.1) is 0 Å². The molecule has 0 aromatic carbocycles. The minimum absolute atomic E-state index is 0.0617. The number of H-pyrrole nitrogens is 1. The van der Waals surface area contributed by atoms with Crippen molar-refractivity contribution >= 4 is 38.3 Å². The zero-order valence-electron chi connectivity index (χ0n) is 9.83. The molecule has 1 amide bonds. The molecule has 1 aliphatic rings. The second-order valence-corrected chi connectivity index (χ2v) is 5.28. The lowest BCUT2D eigenvalue weighted by Gasteiger charge is -2.33. The van der Waals surface area contributed by atoms with Crippen molar-refractivity contribution in [3.05, 3.63) is 11.8 Å². The van der Waals surface area contributed by atoms with Crippen LogP contribution in [0.2, 0.25) is 0 Å². The molecule has 1 heterocycles. The SMILES string of the molecule is O=C(I)Nc1cc(C2CC(OC(=O)C(F)(F)F)C2)[nH]n1. The molecule has 6 nitrogen and oxygen atoms in total. The molecule has 1 aromatic heterocycles. The Morgan fingerprint density at radius 1 is 1.45 bits per heavy atom. The van der Waals surface area contributed by atoms with E-state index in [2.05, 4.69) is 20.3 Å². The van der Waals surface area contributed by atoms with Crippen molar-refractivity contribution in [3.63, 3.8) is 0 Å².